The van der Waals surface area contributed by atoms with Gasteiger partial charge in [-0.3, -0.25) is 14.9 Å². The molecule has 0 aliphatic heterocycles. The van der Waals surface area contributed by atoms with Gasteiger partial charge in [-0.25, -0.2) is 0 Å². The Kier molecular flexibility index (Phi) is 4.81. The van der Waals surface area contributed by atoms with E-state index in [4.69, 9.17) is 4.18 Å². The van der Waals surface area contributed by atoms with Gasteiger partial charge >= 0.3 is 10.1 Å². The van der Waals surface area contributed by atoms with Crippen LogP contribution in [-0.4, -0.2) is 19.1 Å². The van der Waals surface area contributed by atoms with Gasteiger partial charge in [0.1, 0.15) is 4.90 Å². The predicted octanol–water partition coefficient (Wildman–Crippen LogP) is 3.33. The monoisotopic (exact) mass is 399 g/mol. The maximum absolute atomic E-state index is 12.2. The number of non-ortho nitro benzene ring substituents is 1. The highest BCUT2D eigenvalue weighted by Crippen LogP contribution is 2.27. The van der Waals surface area contributed by atoms with Crippen LogP contribution in [0.25, 0.3) is 0 Å². The molecule has 7 nitrogen and oxygen atoms in total. The number of hydrogen-bond donors (Lipinski definition) is 0. The van der Waals surface area contributed by atoms with E-state index in [0.717, 1.165) is 24.3 Å². The van der Waals surface area contributed by atoms with E-state index in [1.165, 1.54) is 25.1 Å². The number of halogens is 1. The van der Waals surface area contributed by atoms with E-state index in [2.05, 4.69) is 15.9 Å². The number of Topliss-reactive ketones (excluding diaryl/α,β-unsaturated/α-hetero) is 1. The lowest BCUT2D eigenvalue weighted by molar-refractivity contribution is -0.384. The largest absolute Gasteiger partial charge is 0.378 e. The van der Waals surface area contributed by atoms with Gasteiger partial charge in [-0.05, 0) is 37.3 Å². The fourth-order valence-corrected chi connectivity index (χ4v) is 3.06. The molecule has 2 aromatic carbocycles. The first-order chi connectivity index (χ1) is 10.7. The van der Waals surface area contributed by atoms with Crippen molar-refractivity contribution in [2.24, 2.45) is 0 Å². The molecule has 0 saturated carbocycles. The van der Waals surface area contributed by atoms with Gasteiger partial charge in [0.05, 0.1) is 10.5 Å². The van der Waals surface area contributed by atoms with Crippen molar-refractivity contribution in [3.63, 3.8) is 0 Å². The fourth-order valence-electron chi connectivity index (χ4n) is 1.75. The molecule has 0 heterocycles. The van der Waals surface area contributed by atoms with Crippen molar-refractivity contribution >= 4 is 37.5 Å². The van der Waals surface area contributed by atoms with Crippen molar-refractivity contribution < 1.29 is 22.3 Å². The summed E-state index contributed by atoms with van der Waals surface area (Å²) in [5.41, 5.74) is -0.137. The first kappa shape index (κ1) is 17.1. The molecule has 0 N–H and O–H groups in total. The molecular formula is C14H10BrNO6S. The molecule has 2 aromatic rings. The Balaban J connectivity index is 2.39. The third-order valence-corrected chi connectivity index (χ3v) is 4.60. The van der Waals surface area contributed by atoms with Gasteiger partial charge < -0.3 is 4.18 Å². The molecule has 0 atom stereocenters. The van der Waals surface area contributed by atoms with Crippen molar-refractivity contribution in [2.45, 2.75) is 11.8 Å². The van der Waals surface area contributed by atoms with Crippen LogP contribution in [0.1, 0.15) is 17.3 Å². The number of ketones is 1. The minimum absolute atomic E-state index is 0.102. The second-order valence-electron chi connectivity index (χ2n) is 4.49. The quantitative estimate of drug-likeness (QED) is 0.330. The number of nitro benzene ring substituents is 1. The van der Waals surface area contributed by atoms with Crippen molar-refractivity contribution in [1.82, 2.24) is 0 Å². The SMILES string of the molecule is CC(=O)c1cc(Br)ccc1OS(=O)(=O)c1ccc([N+](=O)[O-])cc1. The van der Waals surface area contributed by atoms with Crippen molar-refractivity contribution in [3.8, 4) is 5.75 Å². The van der Waals surface area contributed by atoms with Gasteiger partial charge in [-0.2, -0.15) is 8.42 Å². The molecule has 0 aliphatic carbocycles. The molecule has 0 bridgehead atoms. The van der Waals surface area contributed by atoms with E-state index in [1.807, 2.05) is 0 Å². The zero-order chi connectivity index (χ0) is 17.2. The highest BCUT2D eigenvalue weighted by Gasteiger charge is 2.21. The smallest absolute Gasteiger partial charge is 0.339 e. The molecule has 0 aliphatic rings. The Morgan fingerprint density at radius 2 is 1.78 bits per heavy atom. The van der Waals surface area contributed by atoms with E-state index >= 15 is 0 Å². The summed E-state index contributed by atoms with van der Waals surface area (Å²) in [6.07, 6.45) is 0. The molecular weight excluding hydrogens is 390 g/mol. The van der Waals surface area contributed by atoms with Crippen LogP contribution in [0.4, 0.5) is 5.69 Å². The Morgan fingerprint density at radius 3 is 2.30 bits per heavy atom. The maximum atomic E-state index is 12.2. The van der Waals surface area contributed by atoms with E-state index in [9.17, 15) is 23.3 Å². The summed E-state index contributed by atoms with van der Waals surface area (Å²) in [5, 5.41) is 10.6. The minimum Gasteiger partial charge on any atom is -0.378 e. The normalized spacial score (nSPS) is 11.0. The second-order valence-corrected chi connectivity index (χ2v) is 6.95. The van der Waals surface area contributed by atoms with Crippen LogP contribution in [-0.2, 0) is 10.1 Å². The average Bonchev–Trinajstić information content (AvgIpc) is 2.48. The van der Waals surface area contributed by atoms with Crippen LogP contribution >= 0.6 is 15.9 Å². The molecule has 0 amide bonds. The number of nitro groups is 1. The number of hydrogen-bond acceptors (Lipinski definition) is 6. The lowest BCUT2D eigenvalue weighted by atomic mass is 10.1. The topological polar surface area (TPSA) is 104 Å². The third kappa shape index (κ3) is 3.93. The Labute approximate surface area is 140 Å². The maximum Gasteiger partial charge on any atom is 0.339 e. The molecule has 120 valence electrons. The first-order valence-electron chi connectivity index (χ1n) is 6.20. The number of carbonyl (C=O) groups is 1. The molecule has 0 radical (unpaired) electrons. The Hall–Kier alpha value is -2.26. The molecule has 0 fully saturated rings. The zero-order valence-electron chi connectivity index (χ0n) is 11.7. The fraction of sp³-hybridized carbons (Fsp3) is 0.0714. The Morgan fingerprint density at radius 1 is 1.17 bits per heavy atom. The molecule has 0 unspecified atom stereocenters. The van der Waals surface area contributed by atoms with E-state index in [0.29, 0.717) is 4.47 Å². The summed E-state index contributed by atoms with van der Waals surface area (Å²) in [4.78, 5) is 21.3. The molecule has 9 heteroatoms. The van der Waals surface area contributed by atoms with Gasteiger partial charge in [0.15, 0.2) is 11.5 Å². The van der Waals surface area contributed by atoms with E-state index in [1.54, 1.807) is 0 Å². The van der Waals surface area contributed by atoms with Gasteiger partial charge in [0, 0.05) is 16.6 Å². The van der Waals surface area contributed by atoms with Crippen molar-refractivity contribution in [3.05, 3.63) is 62.6 Å². The number of carbonyl (C=O) groups excluding carboxylic acids is 1. The highest BCUT2D eigenvalue weighted by molar-refractivity contribution is 9.10. The summed E-state index contributed by atoms with van der Waals surface area (Å²) >= 11 is 3.19. The van der Waals surface area contributed by atoms with Crippen molar-refractivity contribution in [1.29, 1.82) is 0 Å². The highest BCUT2D eigenvalue weighted by atomic mass is 79.9. The van der Waals surface area contributed by atoms with Crippen LogP contribution < -0.4 is 4.18 Å². The van der Waals surface area contributed by atoms with Gasteiger partial charge in [0.2, 0.25) is 0 Å². The zero-order valence-corrected chi connectivity index (χ0v) is 14.1. The van der Waals surface area contributed by atoms with Gasteiger partial charge in [-0.15, -0.1) is 0 Å². The minimum atomic E-state index is -4.21. The predicted molar refractivity (Wildman–Crippen MR) is 85.1 cm³/mol. The van der Waals surface area contributed by atoms with Crippen LogP contribution in [0.3, 0.4) is 0 Å². The summed E-state index contributed by atoms with van der Waals surface area (Å²) in [6, 6.07) is 8.59. The second kappa shape index (κ2) is 6.47. The lowest BCUT2D eigenvalue weighted by Gasteiger charge is -2.10. The Bertz CT molecular complexity index is 877. The van der Waals surface area contributed by atoms with E-state index < -0.39 is 15.0 Å². The van der Waals surface area contributed by atoms with Crippen molar-refractivity contribution in [2.75, 3.05) is 0 Å². The summed E-state index contributed by atoms with van der Waals surface area (Å²) in [7, 11) is -4.21. The lowest BCUT2D eigenvalue weighted by Crippen LogP contribution is -2.12. The van der Waals surface area contributed by atoms with Crippen LogP contribution in [0.15, 0.2) is 51.8 Å². The van der Waals surface area contributed by atoms with Crippen LogP contribution in [0.2, 0.25) is 0 Å². The van der Waals surface area contributed by atoms with Gasteiger partial charge in [0.25, 0.3) is 5.69 Å². The molecule has 0 spiro atoms. The number of nitrogens with zero attached hydrogens (tertiary/aromatic N) is 1. The average molecular weight is 400 g/mol. The number of rotatable bonds is 5. The number of benzene rings is 2. The van der Waals surface area contributed by atoms with E-state index in [-0.39, 0.29) is 27.7 Å². The molecule has 0 saturated heterocycles. The molecule has 0 aromatic heterocycles. The van der Waals surface area contributed by atoms with Crippen LogP contribution in [0, 0.1) is 10.1 Å². The summed E-state index contributed by atoms with van der Waals surface area (Å²) in [6.45, 7) is 1.28. The molecule has 23 heavy (non-hydrogen) atoms. The van der Waals surface area contributed by atoms with Crippen LogP contribution in [0.5, 0.6) is 5.75 Å². The standard InChI is InChI=1S/C14H10BrNO6S/c1-9(17)13-8-10(15)2-7-14(13)22-23(20,21)12-5-3-11(4-6-12)16(18)19/h2-8H,1H3. The summed E-state index contributed by atoms with van der Waals surface area (Å²) < 4.78 is 30.1. The third-order valence-electron chi connectivity index (χ3n) is 2.86. The van der Waals surface area contributed by atoms with Gasteiger partial charge in [-0.1, -0.05) is 15.9 Å². The molecule has 2 rings (SSSR count). The summed E-state index contributed by atoms with van der Waals surface area (Å²) in [5.74, 6) is -0.473. The first-order valence-corrected chi connectivity index (χ1v) is 8.40.